The van der Waals surface area contributed by atoms with Crippen LogP contribution in [0.3, 0.4) is 0 Å². The van der Waals surface area contributed by atoms with Crippen LogP contribution in [-0.4, -0.2) is 146 Å². The van der Waals surface area contributed by atoms with E-state index in [-0.39, 0.29) is 32.4 Å². The minimum Gasteiger partial charge on any atom is -0.481 e. The van der Waals surface area contributed by atoms with Crippen LogP contribution in [0.15, 0.2) is 30.3 Å². The Balaban J connectivity index is 2.47. The normalized spacial score (nSPS) is 15.8. The van der Waals surface area contributed by atoms with E-state index in [4.69, 9.17) is 10.2 Å². The van der Waals surface area contributed by atoms with E-state index >= 15 is 0 Å². The van der Waals surface area contributed by atoms with Gasteiger partial charge in [-0.25, -0.2) is 9.69 Å². The standard InChI is InChI=1S/C41H58N8O15/c1-7-11-25(34(57)39(62)42-18-31(55)56)44-37(60)28-20-48(19-24-12-9-8-10-13-24)41(64)49(28)40(63)33(22(4)5)47-38(61)32(21(2)3)46-36(59)27(15-17-30(53)54)45-35(58)26(43-23(6)50)14-16-29(51)52/h8-10,12-13,21-22,25-28,32-33H,7,11,14-20H2,1-6H3,(H,42,62)(H,43,50)(H,44,60)(H,45,58)(H,46,59)(H,47,61)(H,51,52)(H,53,54)(H,55,56)/t25?,26-,27-,28?,32-,33-/m0/s1. The second-order valence-corrected chi connectivity index (χ2v) is 15.8. The predicted molar refractivity (Wildman–Crippen MR) is 222 cm³/mol. The molecule has 1 heterocycles. The molecule has 0 spiro atoms. The lowest BCUT2D eigenvalue weighted by atomic mass is 9.98. The second kappa shape index (κ2) is 25.2. The molecule has 0 aliphatic carbocycles. The first-order valence-electron chi connectivity index (χ1n) is 20.6. The number of Topliss-reactive ketones (excluding diaryl/α,β-unsaturated/α-hetero) is 1. The van der Waals surface area contributed by atoms with Gasteiger partial charge < -0.3 is 52.1 Å². The summed E-state index contributed by atoms with van der Waals surface area (Å²) >= 11 is 0. The molecule has 1 aromatic rings. The molecule has 1 aromatic carbocycles. The zero-order valence-electron chi connectivity index (χ0n) is 36.5. The molecule has 6 atom stereocenters. The zero-order valence-corrected chi connectivity index (χ0v) is 36.5. The Labute approximate surface area is 368 Å². The number of carbonyl (C=O) groups is 12. The van der Waals surface area contributed by atoms with Gasteiger partial charge in [-0.2, -0.15) is 0 Å². The summed E-state index contributed by atoms with van der Waals surface area (Å²) in [7, 11) is 0. The number of nitrogens with zero attached hydrogens (tertiary/aromatic N) is 2. The molecule has 9 amide bonds. The highest BCUT2D eigenvalue weighted by Crippen LogP contribution is 2.23. The average Bonchev–Trinajstić information content (AvgIpc) is 3.54. The van der Waals surface area contributed by atoms with Gasteiger partial charge in [0.25, 0.3) is 11.8 Å². The summed E-state index contributed by atoms with van der Waals surface area (Å²) in [5.74, 6) is -13.7. The summed E-state index contributed by atoms with van der Waals surface area (Å²) in [6.45, 7) is 7.54. The molecule has 1 aliphatic rings. The smallest absolute Gasteiger partial charge is 0.327 e. The molecule has 0 saturated carbocycles. The van der Waals surface area contributed by atoms with E-state index in [9.17, 15) is 62.6 Å². The quantitative estimate of drug-likeness (QED) is 0.0497. The molecule has 23 heteroatoms. The van der Waals surface area contributed by atoms with Crippen molar-refractivity contribution < 1.29 is 72.9 Å². The highest BCUT2D eigenvalue weighted by molar-refractivity contribution is 6.38. The summed E-state index contributed by atoms with van der Waals surface area (Å²) in [6, 6.07) is -1.46. The zero-order chi connectivity index (χ0) is 48.4. The van der Waals surface area contributed by atoms with Gasteiger partial charge in [-0.15, -0.1) is 0 Å². The van der Waals surface area contributed by atoms with Crippen molar-refractivity contribution in [1.82, 2.24) is 41.7 Å². The molecular weight excluding hydrogens is 844 g/mol. The first kappa shape index (κ1) is 53.2. The third-order valence-corrected chi connectivity index (χ3v) is 9.87. The Kier molecular flexibility index (Phi) is 21.0. The molecule has 2 rings (SSSR count). The van der Waals surface area contributed by atoms with Gasteiger partial charge >= 0.3 is 23.9 Å². The van der Waals surface area contributed by atoms with Crippen LogP contribution in [0.25, 0.3) is 0 Å². The average molecular weight is 903 g/mol. The van der Waals surface area contributed by atoms with Gasteiger partial charge in [0.05, 0.1) is 12.6 Å². The van der Waals surface area contributed by atoms with Gasteiger partial charge in [-0.05, 0) is 36.7 Å². The maximum Gasteiger partial charge on any atom is 0.327 e. The number of carboxylic acids is 3. The van der Waals surface area contributed by atoms with Crippen LogP contribution in [-0.2, 0) is 59.3 Å². The van der Waals surface area contributed by atoms with E-state index < -0.39 is 145 Å². The maximum absolute atomic E-state index is 14.5. The van der Waals surface area contributed by atoms with E-state index in [1.165, 1.54) is 32.6 Å². The molecule has 1 fully saturated rings. The van der Waals surface area contributed by atoms with Crippen LogP contribution in [0.2, 0.25) is 0 Å². The Bertz CT molecular complexity index is 1920. The van der Waals surface area contributed by atoms with Gasteiger partial charge in [0.15, 0.2) is 0 Å². The van der Waals surface area contributed by atoms with E-state index in [2.05, 4.69) is 26.6 Å². The molecule has 9 N–H and O–H groups in total. The Morgan fingerprint density at radius 3 is 1.70 bits per heavy atom. The number of urea groups is 1. The van der Waals surface area contributed by atoms with Gasteiger partial charge in [-0.3, -0.25) is 52.7 Å². The van der Waals surface area contributed by atoms with Gasteiger partial charge in [0.2, 0.25) is 35.3 Å². The number of ketones is 1. The van der Waals surface area contributed by atoms with Crippen molar-refractivity contribution in [3.63, 3.8) is 0 Å². The number of hydrogen-bond acceptors (Lipinski definition) is 12. The number of imide groups is 1. The molecule has 0 aromatic heterocycles. The highest BCUT2D eigenvalue weighted by Gasteiger charge is 2.48. The minimum atomic E-state index is -1.61. The van der Waals surface area contributed by atoms with Crippen LogP contribution in [0.5, 0.6) is 0 Å². The number of carbonyl (C=O) groups excluding carboxylic acids is 9. The lowest BCUT2D eigenvalue weighted by Gasteiger charge is -2.31. The number of hydrogen-bond donors (Lipinski definition) is 9. The van der Waals surface area contributed by atoms with Crippen LogP contribution >= 0.6 is 0 Å². The van der Waals surface area contributed by atoms with Crippen LogP contribution in [0.4, 0.5) is 4.79 Å². The molecule has 0 radical (unpaired) electrons. The first-order chi connectivity index (χ1) is 30.0. The lowest BCUT2D eigenvalue weighted by Crippen LogP contribution is -2.62. The van der Waals surface area contributed by atoms with Gasteiger partial charge in [0, 0.05) is 26.3 Å². The molecule has 1 aliphatic heterocycles. The monoisotopic (exact) mass is 902 g/mol. The lowest BCUT2D eigenvalue weighted by molar-refractivity contribution is -0.143. The molecule has 1 saturated heterocycles. The maximum atomic E-state index is 14.5. The Morgan fingerprint density at radius 2 is 1.20 bits per heavy atom. The van der Waals surface area contributed by atoms with Crippen molar-refractivity contribution in [2.45, 2.75) is 123 Å². The number of benzene rings is 1. The van der Waals surface area contributed by atoms with Gasteiger partial charge in [0.1, 0.15) is 36.8 Å². The van der Waals surface area contributed by atoms with E-state index in [0.717, 1.165) is 6.92 Å². The molecule has 64 heavy (non-hydrogen) atoms. The van der Waals surface area contributed by atoms with Gasteiger partial charge in [-0.1, -0.05) is 71.4 Å². The fourth-order valence-electron chi connectivity index (χ4n) is 6.55. The Hall–Kier alpha value is -6.94. The fraction of sp³-hybridized carbons (Fsp3) is 0.561. The van der Waals surface area contributed by atoms with Crippen LogP contribution < -0.4 is 31.9 Å². The number of aliphatic carboxylic acids is 3. The van der Waals surface area contributed by atoms with Crippen LogP contribution in [0.1, 0.15) is 85.6 Å². The SMILES string of the molecule is CCCC(NC(=O)C1CN(Cc2ccccc2)C(=O)N1C(=O)[C@@H](NC(=O)[C@@H](NC(=O)[C@H](CCC(=O)O)NC(=O)[C@H](CCC(=O)O)NC(C)=O)C(C)C)C(C)C)C(=O)C(=O)NCC(=O)O. The third kappa shape index (κ3) is 16.4. The summed E-state index contributed by atoms with van der Waals surface area (Å²) in [4.78, 5) is 156. The highest BCUT2D eigenvalue weighted by atomic mass is 16.4. The van der Waals surface area contributed by atoms with Crippen molar-refractivity contribution in [3.05, 3.63) is 35.9 Å². The minimum absolute atomic E-state index is 0.0625. The number of amides is 9. The molecule has 23 nitrogen and oxygen atoms in total. The predicted octanol–water partition coefficient (Wildman–Crippen LogP) is -1.13. The summed E-state index contributed by atoms with van der Waals surface area (Å²) in [5, 5.41) is 41.4. The van der Waals surface area contributed by atoms with E-state index in [0.29, 0.717) is 10.5 Å². The molecule has 2 unspecified atom stereocenters. The van der Waals surface area contributed by atoms with Crippen LogP contribution in [0, 0.1) is 11.8 Å². The van der Waals surface area contributed by atoms with E-state index in [1.807, 2.05) is 5.32 Å². The van der Waals surface area contributed by atoms with Crippen molar-refractivity contribution in [2.75, 3.05) is 13.1 Å². The summed E-state index contributed by atoms with van der Waals surface area (Å²) < 4.78 is 0. The van der Waals surface area contributed by atoms with Crippen molar-refractivity contribution in [1.29, 1.82) is 0 Å². The third-order valence-electron chi connectivity index (χ3n) is 9.87. The summed E-state index contributed by atoms with van der Waals surface area (Å²) in [6.07, 6.45) is -1.82. The first-order valence-corrected chi connectivity index (χ1v) is 20.6. The largest absolute Gasteiger partial charge is 0.481 e. The van der Waals surface area contributed by atoms with Crippen molar-refractivity contribution in [3.8, 4) is 0 Å². The molecule has 352 valence electrons. The van der Waals surface area contributed by atoms with E-state index in [1.54, 1.807) is 37.3 Å². The Morgan fingerprint density at radius 1 is 0.672 bits per heavy atom. The second-order valence-electron chi connectivity index (χ2n) is 15.8. The topological polar surface area (TPSA) is 344 Å². The van der Waals surface area contributed by atoms with Crippen molar-refractivity contribution in [2.24, 2.45) is 11.8 Å². The number of carboxylic acid groups (broad SMARTS) is 3. The number of rotatable bonds is 26. The van der Waals surface area contributed by atoms with Crippen molar-refractivity contribution >= 4 is 71.1 Å². The molecular formula is C41H58N8O15. The number of nitrogens with one attached hydrogen (secondary N) is 6. The summed E-state index contributed by atoms with van der Waals surface area (Å²) in [5.41, 5.74) is 0.631. The molecule has 0 bridgehead atoms. The fourth-order valence-corrected chi connectivity index (χ4v) is 6.55.